The van der Waals surface area contributed by atoms with E-state index in [-0.39, 0.29) is 29.0 Å². The zero-order valence-corrected chi connectivity index (χ0v) is 19.1. The van der Waals surface area contributed by atoms with E-state index in [2.05, 4.69) is 10.6 Å². The van der Waals surface area contributed by atoms with Gasteiger partial charge in [-0.15, -0.1) is 11.3 Å². The van der Waals surface area contributed by atoms with Gasteiger partial charge in [0, 0.05) is 23.7 Å². The number of rotatable bonds is 7. The number of amides is 2. The molecule has 0 atom stereocenters. The van der Waals surface area contributed by atoms with Crippen molar-refractivity contribution in [2.75, 3.05) is 25.0 Å². The lowest BCUT2D eigenvalue weighted by Gasteiger charge is -2.13. The molecule has 1 aromatic heterocycles. The SMILES string of the molecule is Cc1cc(C)c(NC(=O)CNC(=O)Cc2ccc(S(=O)(=O)N3CCCC3)s2)c(C)c1. The molecule has 1 aromatic carbocycles. The predicted molar refractivity (Wildman–Crippen MR) is 118 cm³/mol. The van der Waals surface area contributed by atoms with Gasteiger partial charge >= 0.3 is 0 Å². The van der Waals surface area contributed by atoms with Crippen LogP contribution >= 0.6 is 11.3 Å². The van der Waals surface area contributed by atoms with Crippen LogP contribution in [0.4, 0.5) is 5.69 Å². The zero-order chi connectivity index (χ0) is 21.9. The first-order valence-electron chi connectivity index (χ1n) is 9.90. The van der Waals surface area contributed by atoms with Gasteiger partial charge < -0.3 is 10.6 Å². The number of hydrogen-bond donors (Lipinski definition) is 2. The summed E-state index contributed by atoms with van der Waals surface area (Å²) in [5.41, 5.74) is 3.82. The fourth-order valence-electron chi connectivity index (χ4n) is 3.61. The van der Waals surface area contributed by atoms with Crippen molar-refractivity contribution in [3.63, 3.8) is 0 Å². The fraction of sp³-hybridized carbons (Fsp3) is 0.429. The van der Waals surface area contributed by atoms with Gasteiger partial charge in [0.25, 0.3) is 10.0 Å². The maximum atomic E-state index is 12.6. The Morgan fingerprint density at radius 1 is 1.03 bits per heavy atom. The smallest absolute Gasteiger partial charge is 0.252 e. The van der Waals surface area contributed by atoms with E-state index < -0.39 is 10.0 Å². The number of sulfonamides is 1. The molecule has 162 valence electrons. The largest absolute Gasteiger partial charge is 0.347 e. The summed E-state index contributed by atoms with van der Waals surface area (Å²) in [5.74, 6) is -0.628. The van der Waals surface area contributed by atoms with Crippen LogP contribution < -0.4 is 10.6 Å². The van der Waals surface area contributed by atoms with E-state index >= 15 is 0 Å². The first-order chi connectivity index (χ1) is 14.2. The number of benzene rings is 1. The molecule has 30 heavy (non-hydrogen) atoms. The molecule has 0 spiro atoms. The maximum absolute atomic E-state index is 12.6. The molecule has 7 nitrogen and oxygen atoms in total. The predicted octanol–water partition coefficient (Wildman–Crippen LogP) is 2.76. The lowest BCUT2D eigenvalue weighted by molar-refractivity contribution is -0.123. The second-order valence-electron chi connectivity index (χ2n) is 7.61. The molecule has 0 unspecified atom stereocenters. The number of hydrogen-bond acceptors (Lipinski definition) is 5. The van der Waals surface area contributed by atoms with Gasteiger partial charge in [-0.25, -0.2) is 8.42 Å². The Morgan fingerprint density at radius 3 is 2.30 bits per heavy atom. The highest BCUT2D eigenvalue weighted by Gasteiger charge is 2.28. The van der Waals surface area contributed by atoms with E-state index in [1.165, 1.54) is 4.31 Å². The average Bonchev–Trinajstić information content (AvgIpc) is 3.35. The molecular formula is C21H27N3O4S2. The maximum Gasteiger partial charge on any atom is 0.252 e. The van der Waals surface area contributed by atoms with Gasteiger partial charge in [0.2, 0.25) is 11.8 Å². The van der Waals surface area contributed by atoms with Crippen molar-refractivity contribution in [3.05, 3.63) is 45.8 Å². The highest BCUT2D eigenvalue weighted by molar-refractivity contribution is 7.91. The van der Waals surface area contributed by atoms with E-state index in [4.69, 9.17) is 0 Å². The van der Waals surface area contributed by atoms with Gasteiger partial charge in [-0.2, -0.15) is 4.31 Å². The molecule has 0 radical (unpaired) electrons. The van der Waals surface area contributed by atoms with E-state index in [1.807, 2.05) is 32.9 Å². The van der Waals surface area contributed by atoms with Gasteiger partial charge in [0.05, 0.1) is 13.0 Å². The van der Waals surface area contributed by atoms with Crippen molar-refractivity contribution in [2.45, 2.75) is 44.2 Å². The summed E-state index contributed by atoms with van der Waals surface area (Å²) in [6, 6.07) is 7.19. The van der Waals surface area contributed by atoms with Crippen molar-refractivity contribution in [3.8, 4) is 0 Å². The lowest BCUT2D eigenvalue weighted by atomic mass is 10.1. The second-order valence-corrected chi connectivity index (χ2v) is 10.9. The van der Waals surface area contributed by atoms with Gasteiger partial charge in [-0.1, -0.05) is 17.7 Å². The monoisotopic (exact) mass is 449 g/mol. The zero-order valence-electron chi connectivity index (χ0n) is 17.4. The van der Waals surface area contributed by atoms with E-state index in [1.54, 1.807) is 12.1 Å². The van der Waals surface area contributed by atoms with Crippen molar-refractivity contribution in [1.82, 2.24) is 9.62 Å². The molecule has 1 aliphatic rings. The van der Waals surface area contributed by atoms with Crippen LogP contribution in [0.1, 0.15) is 34.4 Å². The summed E-state index contributed by atoms with van der Waals surface area (Å²) in [6.07, 6.45) is 1.79. The second kappa shape index (κ2) is 9.28. The normalized spacial score (nSPS) is 14.6. The number of carbonyl (C=O) groups excluding carboxylic acids is 2. The molecule has 1 saturated heterocycles. The van der Waals surface area contributed by atoms with Crippen LogP contribution in [0, 0.1) is 20.8 Å². The summed E-state index contributed by atoms with van der Waals surface area (Å²) in [7, 11) is -3.47. The molecule has 0 aliphatic carbocycles. The van der Waals surface area contributed by atoms with Gasteiger partial charge in [0.15, 0.2) is 0 Å². The molecule has 0 bridgehead atoms. The van der Waals surface area contributed by atoms with Crippen LogP contribution in [-0.4, -0.2) is 44.2 Å². The summed E-state index contributed by atoms with van der Waals surface area (Å²) in [6.45, 7) is 6.81. The molecule has 9 heteroatoms. The van der Waals surface area contributed by atoms with E-state index in [0.717, 1.165) is 46.6 Å². The number of nitrogens with one attached hydrogen (secondary N) is 2. The quantitative estimate of drug-likeness (QED) is 0.679. The van der Waals surface area contributed by atoms with Crippen LogP contribution in [0.15, 0.2) is 28.5 Å². The minimum absolute atomic E-state index is 0.0378. The lowest BCUT2D eigenvalue weighted by Crippen LogP contribution is -2.33. The third kappa shape index (κ3) is 5.27. The van der Waals surface area contributed by atoms with Gasteiger partial charge in [-0.3, -0.25) is 9.59 Å². The molecule has 2 aromatic rings. The summed E-state index contributed by atoms with van der Waals surface area (Å²) in [5, 5.41) is 5.44. The van der Waals surface area contributed by atoms with E-state index in [9.17, 15) is 18.0 Å². The Hall–Kier alpha value is -2.23. The Labute approximate surface area is 181 Å². The molecule has 3 rings (SSSR count). The number of aryl methyl sites for hydroxylation is 3. The summed E-state index contributed by atoms with van der Waals surface area (Å²) >= 11 is 1.11. The Balaban J connectivity index is 1.53. The van der Waals surface area contributed by atoms with Crippen LogP contribution in [-0.2, 0) is 26.0 Å². The van der Waals surface area contributed by atoms with Crippen LogP contribution in [0.5, 0.6) is 0 Å². The standard InChI is InChI=1S/C21H27N3O4S2/c1-14-10-15(2)21(16(3)11-14)23-19(26)13-22-18(25)12-17-6-7-20(29-17)30(27,28)24-8-4-5-9-24/h6-7,10-11H,4-5,8-9,12-13H2,1-3H3,(H,22,25)(H,23,26). The molecule has 0 saturated carbocycles. The Bertz CT molecular complexity index is 1030. The highest BCUT2D eigenvalue weighted by atomic mass is 32.2. The van der Waals surface area contributed by atoms with Crippen molar-refractivity contribution >= 4 is 38.9 Å². The van der Waals surface area contributed by atoms with Crippen LogP contribution in [0.2, 0.25) is 0 Å². The topological polar surface area (TPSA) is 95.6 Å². The summed E-state index contributed by atoms with van der Waals surface area (Å²) in [4.78, 5) is 25.1. The van der Waals surface area contributed by atoms with Crippen molar-refractivity contribution in [1.29, 1.82) is 0 Å². The minimum Gasteiger partial charge on any atom is -0.347 e. The Kier molecular flexibility index (Phi) is 6.95. The van der Waals surface area contributed by atoms with E-state index in [0.29, 0.717) is 18.0 Å². The molecule has 2 N–H and O–H groups in total. The molecule has 1 fully saturated rings. The molecule has 2 amide bonds. The number of anilines is 1. The number of thiophene rings is 1. The molecular weight excluding hydrogens is 422 g/mol. The van der Waals surface area contributed by atoms with Crippen LogP contribution in [0.3, 0.4) is 0 Å². The Morgan fingerprint density at radius 2 is 1.67 bits per heavy atom. The van der Waals surface area contributed by atoms with Crippen LogP contribution in [0.25, 0.3) is 0 Å². The average molecular weight is 450 g/mol. The molecule has 2 heterocycles. The fourth-order valence-corrected chi connectivity index (χ4v) is 6.63. The minimum atomic E-state index is -3.47. The van der Waals surface area contributed by atoms with Crippen molar-refractivity contribution in [2.24, 2.45) is 0 Å². The number of nitrogens with zero attached hydrogens (tertiary/aromatic N) is 1. The molecule has 1 aliphatic heterocycles. The summed E-state index contributed by atoms with van der Waals surface area (Å²) < 4.78 is 26.9. The van der Waals surface area contributed by atoms with Gasteiger partial charge in [0.1, 0.15) is 4.21 Å². The van der Waals surface area contributed by atoms with Crippen molar-refractivity contribution < 1.29 is 18.0 Å². The first kappa shape index (κ1) is 22.5. The first-order valence-corrected chi connectivity index (χ1v) is 12.2. The van der Waals surface area contributed by atoms with Gasteiger partial charge in [-0.05, 0) is 56.9 Å². The highest BCUT2D eigenvalue weighted by Crippen LogP contribution is 2.27. The third-order valence-corrected chi connectivity index (χ3v) is 8.47. The third-order valence-electron chi connectivity index (χ3n) is 5.02. The number of carbonyl (C=O) groups is 2.